The molecule has 4 atom stereocenters. The molecule has 0 aromatic heterocycles. The Bertz CT molecular complexity index is 238. The Labute approximate surface area is 81.4 Å². The first-order valence-corrected chi connectivity index (χ1v) is 6.05. The highest BCUT2D eigenvalue weighted by Crippen LogP contribution is 2.54. The van der Waals surface area contributed by atoms with Gasteiger partial charge in [0.1, 0.15) is 0 Å². The van der Waals surface area contributed by atoms with E-state index in [1.165, 1.54) is 38.5 Å². The molecule has 3 aliphatic carbocycles. The van der Waals surface area contributed by atoms with Gasteiger partial charge in [-0.15, -0.1) is 0 Å². The van der Waals surface area contributed by atoms with E-state index < -0.39 is 0 Å². The molecule has 2 saturated carbocycles. The van der Waals surface area contributed by atoms with Gasteiger partial charge in [0.05, 0.1) is 0 Å². The minimum atomic E-state index is 0.994. The monoisotopic (exact) mass is 176 g/mol. The second-order valence-electron chi connectivity index (χ2n) is 5.42. The van der Waals surface area contributed by atoms with Gasteiger partial charge in [0.2, 0.25) is 0 Å². The first kappa shape index (κ1) is 8.08. The predicted molar refractivity (Wildman–Crippen MR) is 55.4 cm³/mol. The smallest absolute Gasteiger partial charge is 0.0146 e. The lowest BCUT2D eigenvalue weighted by atomic mass is 9.72. The van der Waals surface area contributed by atoms with Crippen molar-refractivity contribution in [1.82, 2.24) is 0 Å². The van der Waals surface area contributed by atoms with E-state index in [1.54, 1.807) is 0 Å². The van der Waals surface area contributed by atoms with E-state index in [0.717, 1.165) is 23.7 Å². The fraction of sp³-hybridized carbons (Fsp3) is 0.846. The summed E-state index contributed by atoms with van der Waals surface area (Å²) in [7, 11) is 0. The average molecular weight is 176 g/mol. The van der Waals surface area contributed by atoms with Crippen molar-refractivity contribution in [2.24, 2.45) is 23.7 Å². The molecule has 0 aromatic rings. The molecule has 0 heterocycles. The van der Waals surface area contributed by atoms with Crippen molar-refractivity contribution in [3.63, 3.8) is 0 Å². The van der Waals surface area contributed by atoms with E-state index in [2.05, 4.69) is 13.0 Å². The Kier molecular flexibility index (Phi) is 1.78. The van der Waals surface area contributed by atoms with Crippen LogP contribution in [0.3, 0.4) is 0 Å². The van der Waals surface area contributed by atoms with Crippen molar-refractivity contribution >= 4 is 0 Å². The van der Waals surface area contributed by atoms with Crippen LogP contribution in [0.25, 0.3) is 0 Å². The normalized spacial score (nSPS) is 48.5. The third kappa shape index (κ3) is 1.11. The van der Waals surface area contributed by atoms with Crippen LogP contribution in [-0.4, -0.2) is 0 Å². The minimum absolute atomic E-state index is 0.994. The van der Waals surface area contributed by atoms with Crippen molar-refractivity contribution in [2.75, 3.05) is 0 Å². The highest BCUT2D eigenvalue weighted by atomic mass is 14.5. The zero-order valence-corrected chi connectivity index (χ0v) is 8.63. The van der Waals surface area contributed by atoms with Crippen molar-refractivity contribution in [2.45, 2.75) is 45.4 Å². The van der Waals surface area contributed by atoms with Gasteiger partial charge in [-0.1, -0.05) is 31.4 Å². The summed E-state index contributed by atoms with van der Waals surface area (Å²) in [6.45, 7) is 2.48. The summed E-state index contributed by atoms with van der Waals surface area (Å²) in [4.78, 5) is 0. The standard InChI is InChI=1S/C13H20/c1-9-4-2-7-12-10-5-3-6-11(8-10)13(9)12/h6,9-10,12-13H,2-5,7-8H2,1H3/t9-,10?,12?,13?/m1/s1. The lowest BCUT2D eigenvalue weighted by Crippen LogP contribution is -2.25. The largest absolute Gasteiger partial charge is 0.0850 e. The van der Waals surface area contributed by atoms with Crippen LogP contribution in [0.5, 0.6) is 0 Å². The summed E-state index contributed by atoms with van der Waals surface area (Å²) in [5, 5.41) is 0. The molecule has 0 saturated heterocycles. The van der Waals surface area contributed by atoms with Crippen LogP contribution in [0, 0.1) is 23.7 Å². The van der Waals surface area contributed by atoms with Crippen LogP contribution >= 0.6 is 0 Å². The van der Waals surface area contributed by atoms with Gasteiger partial charge >= 0.3 is 0 Å². The second kappa shape index (κ2) is 2.87. The molecule has 0 aromatic carbocycles. The van der Waals surface area contributed by atoms with Crippen molar-refractivity contribution < 1.29 is 0 Å². The van der Waals surface area contributed by atoms with Gasteiger partial charge in [-0.3, -0.25) is 0 Å². The van der Waals surface area contributed by atoms with Crippen LogP contribution in [0.15, 0.2) is 11.6 Å². The van der Waals surface area contributed by atoms with Crippen LogP contribution in [-0.2, 0) is 0 Å². The van der Waals surface area contributed by atoms with Crippen LogP contribution < -0.4 is 0 Å². The highest BCUT2D eigenvalue weighted by Gasteiger charge is 2.44. The van der Waals surface area contributed by atoms with Gasteiger partial charge in [0, 0.05) is 0 Å². The molecule has 0 spiro atoms. The summed E-state index contributed by atoms with van der Waals surface area (Å²) < 4.78 is 0. The first-order chi connectivity index (χ1) is 6.36. The Morgan fingerprint density at radius 1 is 1.23 bits per heavy atom. The average Bonchev–Trinajstić information content (AvgIpc) is 2.41. The fourth-order valence-electron chi connectivity index (χ4n) is 4.23. The highest BCUT2D eigenvalue weighted by molar-refractivity contribution is 5.21. The maximum atomic E-state index is 2.57. The van der Waals surface area contributed by atoms with Gasteiger partial charge < -0.3 is 0 Å². The molecule has 0 nitrogen and oxygen atoms in total. The number of allylic oxidation sites excluding steroid dienone is 2. The van der Waals surface area contributed by atoms with Crippen molar-refractivity contribution in [3.8, 4) is 0 Å². The van der Waals surface area contributed by atoms with Crippen LogP contribution in [0.2, 0.25) is 0 Å². The maximum Gasteiger partial charge on any atom is -0.0146 e. The molecule has 0 aliphatic heterocycles. The molecule has 3 rings (SSSR count). The van der Waals surface area contributed by atoms with Gasteiger partial charge in [-0.2, -0.15) is 0 Å². The third-order valence-corrected chi connectivity index (χ3v) is 4.75. The molecule has 72 valence electrons. The Balaban J connectivity index is 1.94. The quantitative estimate of drug-likeness (QED) is 0.493. The Hall–Kier alpha value is -0.260. The molecular formula is C13H20. The predicted octanol–water partition coefficient (Wildman–Crippen LogP) is 3.78. The molecule has 0 amide bonds. The number of hydrogen-bond acceptors (Lipinski definition) is 0. The van der Waals surface area contributed by atoms with Crippen molar-refractivity contribution in [1.29, 1.82) is 0 Å². The maximum absolute atomic E-state index is 2.57. The molecule has 3 aliphatic rings. The molecular weight excluding hydrogens is 156 g/mol. The van der Waals surface area contributed by atoms with E-state index in [9.17, 15) is 0 Å². The number of fused-ring (bicyclic) bond motifs is 5. The zero-order valence-electron chi connectivity index (χ0n) is 8.63. The van der Waals surface area contributed by atoms with Gasteiger partial charge in [0.25, 0.3) is 0 Å². The summed E-state index contributed by atoms with van der Waals surface area (Å²) in [5.74, 6) is 4.19. The summed E-state index contributed by atoms with van der Waals surface area (Å²) in [5.41, 5.74) is 1.86. The molecule has 0 heteroatoms. The van der Waals surface area contributed by atoms with Crippen LogP contribution in [0.1, 0.15) is 45.4 Å². The van der Waals surface area contributed by atoms with Gasteiger partial charge in [-0.05, 0) is 49.4 Å². The minimum Gasteiger partial charge on any atom is -0.0850 e. The second-order valence-corrected chi connectivity index (χ2v) is 5.42. The summed E-state index contributed by atoms with van der Waals surface area (Å²) in [6, 6.07) is 0. The van der Waals surface area contributed by atoms with E-state index >= 15 is 0 Å². The molecule has 0 N–H and O–H groups in total. The third-order valence-electron chi connectivity index (χ3n) is 4.75. The fourth-order valence-corrected chi connectivity index (χ4v) is 4.23. The van der Waals surface area contributed by atoms with E-state index in [0.29, 0.717) is 0 Å². The van der Waals surface area contributed by atoms with Gasteiger partial charge in [-0.25, -0.2) is 0 Å². The van der Waals surface area contributed by atoms with E-state index in [1.807, 2.05) is 5.57 Å². The number of rotatable bonds is 0. The topological polar surface area (TPSA) is 0 Å². The zero-order chi connectivity index (χ0) is 8.84. The van der Waals surface area contributed by atoms with Gasteiger partial charge in [0.15, 0.2) is 0 Å². The molecule has 2 bridgehead atoms. The molecule has 0 radical (unpaired) electrons. The molecule has 3 unspecified atom stereocenters. The summed E-state index contributed by atoms with van der Waals surface area (Å²) >= 11 is 0. The lowest BCUT2D eigenvalue weighted by Gasteiger charge is -2.33. The molecule has 2 fully saturated rings. The number of hydrogen-bond donors (Lipinski definition) is 0. The SMILES string of the molecule is C[C@@H]1CCCC2C3CCC=C(C3)C21. The Morgan fingerprint density at radius 3 is 3.08 bits per heavy atom. The summed E-state index contributed by atoms with van der Waals surface area (Å²) in [6.07, 6.45) is 11.5. The van der Waals surface area contributed by atoms with Crippen LogP contribution in [0.4, 0.5) is 0 Å². The van der Waals surface area contributed by atoms with Crippen molar-refractivity contribution in [3.05, 3.63) is 11.6 Å². The first-order valence-electron chi connectivity index (χ1n) is 6.05. The lowest BCUT2D eigenvalue weighted by molar-refractivity contribution is 0.181. The van der Waals surface area contributed by atoms with E-state index in [4.69, 9.17) is 0 Å². The Morgan fingerprint density at radius 2 is 2.15 bits per heavy atom. The van der Waals surface area contributed by atoms with E-state index in [-0.39, 0.29) is 0 Å². The molecule has 13 heavy (non-hydrogen) atoms.